The first-order chi connectivity index (χ1) is 15.9. The summed E-state index contributed by atoms with van der Waals surface area (Å²) in [6, 6.07) is 25.1. The van der Waals surface area contributed by atoms with E-state index in [2.05, 4.69) is 10.2 Å². The second-order valence-electron chi connectivity index (χ2n) is 8.59. The average molecular weight is 520 g/mol. The summed E-state index contributed by atoms with van der Waals surface area (Å²) < 4.78 is 0. The largest absolute Gasteiger partial charge is 0.385 e. The summed E-state index contributed by atoms with van der Waals surface area (Å²) in [5.41, 5.74) is 2.09. The first-order valence-corrected chi connectivity index (χ1v) is 12.0. The third-order valence-electron chi connectivity index (χ3n) is 6.41. The van der Waals surface area contributed by atoms with Crippen molar-refractivity contribution >= 4 is 41.5 Å². The smallest absolute Gasteiger partial charge is 0.224 e. The van der Waals surface area contributed by atoms with E-state index in [4.69, 9.17) is 23.2 Å². The van der Waals surface area contributed by atoms with Crippen molar-refractivity contribution in [2.24, 2.45) is 0 Å². The molecule has 0 bridgehead atoms. The Bertz CT molecular complexity index is 1070. The van der Waals surface area contributed by atoms with E-state index in [1.165, 1.54) is 0 Å². The summed E-state index contributed by atoms with van der Waals surface area (Å²) in [5, 5.41) is 15.3. The summed E-state index contributed by atoms with van der Waals surface area (Å²) >= 11 is 12.5. The van der Waals surface area contributed by atoms with Gasteiger partial charge in [-0.15, -0.1) is 12.4 Å². The summed E-state index contributed by atoms with van der Waals surface area (Å²) in [5.74, 6) is -0.0240. The first kappa shape index (κ1) is 26.5. The van der Waals surface area contributed by atoms with Crippen LogP contribution in [0.15, 0.2) is 78.9 Å². The fourth-order valence-corrected chi connectivity index (χ4v) is 4.78. The van der Waals surface area contributed by atoms with E-state index < -0.39 is 5.60 Å². The van der Waals surface area contributed by atoms with Crippen molar-refractivity contribution in [1.29, 1.82) is 0 Å². The van der Waals surface area contributed by atoms with Crippen LogP contribution in [0.4, 0.5) is 0 Å². The van der Waals surface area contributed by atoms with Crippen molar-refractivity contribution in [2.75, 3.05) is 19.6 Å². The highest BCUT2D eigenvalue weighted by molar-refractivity contribution is 6.42. The lowest BCUT2D eigenvalue weighted by Gasteiger charge is -2.42. The van der Waals surface area contributed by atoms with Crippen LogP contribution in [0.2, 0.25) is 10.0 Å². The highest BCUT2D eigenvalue weighted by Gasteiger charge is 2.36. The van der Waals surface area contributed by atoms with Crippen molar-refractivity contribution in [2.45, 2.75) is 30.9 Å². The van der Waals surface area contributed by atoms with E-state index in [0.717, 1.165) is 16.7 Å². The number of rotatable bonds is 7. The van der Waals surface area contributed by atoms with Gasteiger partial charge in [0.05, 0.1) is 28.1 Å². The number of hydrogen-bond donors (Lipinski definition) is 2. The lowest BCUT2D eigenvalue weighted by molar-refractivity contribution is -0.120. The molecule has 34 heavy (non-hydrogen) atoms. The molecule has 1 amide bonds. The molecule has 0 aliphatic carbocycles. The molecule has 4 rings (SSSR count). The monoisotopic (exact) mass is 518 g/mol. The molecule has 0 spiro atoms. The number of halogens is 3. The van der Waals surface area contributed by atoms with Crippen LogP contribution in [0, 0.1) is 0 Å². The number of nitrogens with zero attached hydrogens (tertiary/aromatic N) is 1. The van der Waals surface area contributed by atoms with Crippen molar-refractivity contribution in [3.63, 3.8) is 0 Å². The van der Waals surface area contributed by atoms with Gasteiger partial charge in [-0.25, -0.2) is 0 Å². The van der Waals surface area contributed by atoms with Crippen LogP contribution in [-0.2, 0) is 16.8 Å². The van der Waals surface area contributed by atoms with Gasteiger partial charge in [-0.3, -0.25) is 9.69 Å². The van der Waals surface area contributed by atoms with Crippen molar-refractivity contribution in [3.05, 3.63) is 106 Å². The minimum absolute atomic E-state index is 0. The molecule has 2 N–H and O–H groups in total. The number of piperidine rings is 1. The molecule has 1 unspecified atom stereocenters. The third-order valence-corrected chi connectivity index (χ3v) is 7.14. The molecule has 7 heteroatoms. The van der Waals surface area contributed by atoms with E-state index >= 15 is 0 Å². The quantitative estimate of drug-likeness (QED) is 0.415. The molecule has 1 aliphatic heterocycles. The van der Waals surface area contributed by atoms with Gasteiger partial charge < -0.3 is 10.4 Å². The van der Waals surface area contributed by atoms with Crippen LogP contribution in [0.25, 0.3) is 0 Å². The van der Waals surface area contributed by atoms with Gasteiger partial charge >= 0.3 is 0 Å². The van der Waals surface area contributed by atoms with Crippen LogP contribution in [0.5, 0.6) is 0 Å². The number of benzene rings is 3. The van der Waals surface area contributed by atoms with E-state index in [0.29, 0.717) is 48.9 Å². The molecule has 1 aliphatic rings. The minimum atomic E-state index is -0.837. The maximum absolute atomic E-state index is 12.6. The van der Waals surface area contributed by atoms with E-state index in [1.54, 1.807) is 6.07 Å². The van der Waals surface area contributed by atoms with E-state index in [9.17, 15) is 9.90 Å². The zero-order chi connectivity index (χ0) is 23.3. The molecule has 3 aromatic carbocycles. The maximum atomic E-state index is 12.6. The average Bonchev–Trinajstić information content (AvgIpc) is 2.84. The Hall–Kier alpha value is -2.08. The van der Waals surface area contributed by atoms with Crippen LogP contribution in [0.3, 0.4) is 0 Å². The van der Waals surface area contributed by atoms with Gasteiger partial charge in [-0.1, -0.05) is 89.9 Å². The molecular weight excluding hydrogens is 491 g/mol. The Labute approximate surface area is 217 Å². The molecule has 1 fully saturated rings. The molecule has 4 nitrogen and oxygen atoms in total. The van der Waals surface area contributed by atoms with Crippen LogP contribution < -0.4 is 5.32 Å². The standard InChI is InChI=1S/C27H28Cl2N2O2.ClH/c28-23-12-11-21(18-24(23)29)25(19-30-26(32)17-20-7-3-1-4-8-20)31-15-13-27(33,14-16-31)22-9-5-2-6-10-22;/h1-12,18,25,33H,13-17,19H2,(H,30,32);1H. The van der Waals surface area contributed by atoms with Gasteiger partial charge in [0.1, 0.15) is 0 Å². The number of carbonyl (C=O) groups excluding carboxylic acids is 1. The fourth-order valence-electron chi connectivity index (χ4n) is 4.47. The predicted molar refractivity (Wildman–Crippen MR) is 141 cm³/mol. The number of hydrogen-bond acceptors (Lipinski definition) is 3. The van der Waals surface area contributed by atoms with Gasteiger partial charge in [0, 0.05) is 19.6 Å². The molecule has 0 saturated carbocycles. The maximum Gasteiger partial charge on any atom is 0.224 e. The van der Waals surface area contributed by atoms with E-state index in [-0.39, 0.29) is 24.4 Å². The normalized spacial score (nSPS) is 16.3. The molecule has 1 saturated heterocycles. The minimum Gasteiger partial charge on any atom is -0.385 e. The van der Waals surface area contributed by atoms with Gasteiger partial charge in [-0.05, 0) is 41.7 Å². The third kappa shape index (κ3) is 6.53. The molecule has 0 aromatic heterocycles. The predicted octanol–water partition coefficient (Wildman–Crippen LogP) is 5.80. The van der Waals surface area contributed by atoms with Crippen molar-refractivity contribution in [1.82, 2.24) is 10.2 Å². The second kappa shape index (κ2) is 12.1. The molecule has 0 radical (unpaired) electrons. The summed E-state index contributed by atoms with van der Waals surface area (Å²) in [4.78, 5) is 14.9. The van der Waals surface area contributed by atoms with E-state index in [1.807, 2.05) is 72.8 Å². The Morgan fingerprint density at radius 1 is 0.941 bits per heavy atom. The Morgan fingerprint density at radius 3 is 2.18 bits per heavy atom. The SMILES string of the molecule is Cl.O=C(Cc1ccccc1)NCC(c1ccc(Cl)c(Cl)c1)N1CCC(O)(c2ccccc2)CC1. The summed E-state index contributed by atoms with van der Waals surface area (Å²) in [6.07, 6.45) is 1.57. The summed E-state index contributed by atoms with van der Waals surface area (Å²) in [6.45, 7) is 1.85. The fraction of sp³-hybridized carbons (Fsp3) is 0.296. The first-order valence-electron chi connectivity index (χ1n) is 11.2. The second-order valence-corrected chi connectivity index (χ2v) is 9.40. The topological polar surface area (TPSA) is 52.6 Å². The number of likely N-dealkylation sites (tertiary alicyclic amines) is 1. The van der Waals surface area contributed by atoms with Crippen molar-refractivity contribution < 1.29 is 9.90 Å². The van der Waals surface area contributed by atoms with Gasteiger partial charge in [0.15, 0.2) is 0 Å². The number of aliphatic hydroxyl groups is 1. The van der Waals surface area contributed by atoms with Gasteiger partial charge in [0.2, 0.25) is 5.91 Å². The van der Waals surface area contributed by atoms with Crippen LogP contribution in [-0.4, -0.2) is 35.5 Å². The van der Waals surface area contributed by atoms with Gasteiger partial charge in [0.25, 0.3) is 0 Å². The zero-order valence-corrected chi connectivity index (χ0v) is 21.1. The number of carbonyl (C=O) groups is 1. The summed E-state index contributed by atoms with van der Waals surface area (Å²) in [7, 11) is 0. The molecular formula is C27H29Cl3N2O2. The lowest BCUT2D eigenvalue weighted by atomic mass is 9.83. The Kier molecular flexibility index (Phi) is 9.40. The Balaban J connectivity index is 0.00000324. The van der Waals surface area contributed by atoms with Crippen LogP contribution >= 0.6 is 35.6 Å². The van der Waals surface area contributed by atoms with Gasteiger partial charge in [-0.2, -0.15) is 0 Å². The molecule has 1 heterocycles. The number of amides is 1. The zero-order valence-electron chi connectivity index (χ0n) is 18.8. The highest BCUT2D eigenvalue weighted by atomic mass is 35.5. The molecule has 3 aromatic rings. The lowest BCUT2D eigenvalue weighted by Crippen LogP contribution is -2.47. The molecule has 1 atom stereocenters. The van der Waals surface area contributed by atoms with Crippen LogP contribution in [0.1, 0.15) is 35.6 Å². The highest BCUT2D eigenvalue weighted by Crippen LogP contribution is 2.36. The number of nitrogens with one attached hydrogen (secondary N) is 1. The molecule has 180 valence electrons. The van der Waals surface area contributed by atoms with Crippen molar-refractivity contribution in [3.8, 4) is 0 Å². The Morgan fingerprint density at radius 2 is 1.56 bits per heavy atom.